The molecule has 3 amide bonds. The molecule has 3 aliphatic rings. The number of hydrogen-bond donors (Lipinski definition) is 1. The number of hydrogen-bond acceptors (Lipinski definition) is 4. The minimum absolute atomic E-state index is 0.0145. The van der Waals surface area contributed by atoms with Crippen LogP contribution < -0.4 is 5.73 Å². The number of carbonyl (C=O) groups excluding carboxylic acids is 3. The Labute approximate surface area is 174 Å². The average molecular weight is 412 g/mol. The number of rotatable bonds is 4. The fourth-order valence-corrected chi connectivity index (χ4v) is 4.61. The summed E-state index contributed by atoms with van der Waals surface area (Å²) in [4.78, 5) is 38.0. The Morgan fingerprint density at radius 2 is 2.00 bits per heavy atom. The van der Waals surface area contributed by atoms with E-state index in [0.717, 1.165) is 42.4 Å². The molecule has 2 heterocycles. The van der Waals surface area contributed by atoms with Crippen LogP contribution in [0.2, 0.25) is 0 Å². The first kappa shape index (κ1) is 20.4. The summed E-state index contributed by atoms with van der Waals surface area (Å²) in [5.74, 6) is -2.10. The fraction of sp³-hybridized carbons (Fsp3) is 0.500. The molecule has 1 aliphatic carbocycles. The Bertz CT molecular complexity index is 956. The number of halogens is 1. The van der Waals surface area contributed by atoms with Crippen LogP contribution in [-0.4, -0.2) is 41.8 Å². The second-order valence-corrected chi connectivity index (χ2v) is 8.26. The Morgan fingerprint density at radius 1 is 1.20 bits per heavy atom. The lowest BCUT2D eigenvalue weighted by Crippen LogP contribution is -2.44. The van der Waals surface area contributed by atoms with Gasteiger partial charge in [0, 0.05) is 25.1 Å². The molecule has 0 saturated carbocycles. The van der Waals surface area contributed by atoms with E-state index >= 15 is 0 Å². The number of nitrogens with two attached hydrogens (primary N) is 1. The van der Waals surface area contributed by atoms with Gasteiger partial charge in [-0.3, -0.25) is 14.4 Å². The number of amides is 3. The number of carbonyl (C=O) groups is 3. The van der Waals surface area contributed by atoms with Crippen molar-refractivity contribution in [3.63, 3.8) is 0 Å². The average Bonchev–Trinajstić information content (AvgIpc) is 2.76. The van der Waals surface area contributed by atoms with Gasteiger partial charge in [-0.05, 0) is 61.8 Å². The van der Waals surface area contributed by atoms with Crippen molar-refractivity contribution in [2.45, 2.75) is 51.0 Å². The number of benzene rings is 1. The van der Waals surface area contributed by atoms with Gasteiger partial charge >= 0.3 is 0 Å². The first-order chi connectivity index (χ1) is 14.4. The molecular weight excluding hydrogens is 387 g/mol. The van der Waals surface area contributed by atoms with Crippen LogP contribution in [-0.2, 0) is 16.0 Å². The summed E-state index contributed by atoms with van der Waals surface area (Å²) in [5, 5.41) is 7.98. The van der Waals surface area contributed by atoms with E-state index in [1.54, 1.807) is 12.1 Å². The lowest BCUT2D eigenvalue weighted by molar-refractivity contribution is -0.123. The molecule has 2 atom stereocenters. The Kier molecular flexibility index (Phi) is 5.74. The van der Waals surface area contributed by atoms with Crippen molar-refractivity contribution in [3.8, 4) is 0 Å². The third-order valence-electron chi connectivity index (χ3n) is 6.26. The van der Waals surface area contributed by atoms with Crippen LogP contribution in [0.1, 0.15) is 54.4 Å². The first-order valence-corrected chi connectivity index (χ1v) is 10.5. The van der Waals surface area contributed by atoms with Crippen LogP contribution in [0.5, 0.6) is 0 Å². The molecule has 8 heteroatoms. The summed E-state index contributed by atoms with van der Waals surface area (Å²) in [7, 11) is 0. The van der Waals surface area contributed by atoms with E-state index in [0.29, 0.717) is 25.8 Å². The zero-order valence-electron chi connectivity index (χ0n) is 16.8. The summed E-state index contributed by atoms with van der Waals surface area (Å²) >= 11 is 0. The Hall–Kier alpha value is -2.90. The fourth-order valence-electron chi connectivity index (χ4n) is 4.61. The van der Waals surface area contributed by atoms with Gasteiger partial charge < -0.3 is 10.6 Å². The highest BCUT2D eigenvalue weighted by Crippen LogP contribution is 2.34. The van der Waals surface area contributed by atoms with Crippen LogP contribution in [0.4, 0.5) is 4.39 Å². The minimum Gasteiger partial charge on any atom is -0.369 e. The van der Waals surface area contributed by atoms with Crippen LogP contribution in [0.25, 0.3) is 0 Å². The van der Waals surface area contributed by atoms with Gasteiger partial charge in [-0.1, -0.05) is 6.07 Å². The molecule has 1 aromatic rings. The molecule has 0 bridgehead atoms. The predicted molar refractivity (Wildman–Crippen MR) is 107 cm³/mol. The van der Waals surface area contributed by atoms with Crippen molar-refractivity contribution in [2.75, 3.05) is 13.1 Å². The smallest absolute Gasteiger partial charge is 0.291 e. The van der Waals surface area contributed by atoms with Gasteiger partial charge in [0.25, 0.3) is 11.8 Å². The summed E-state index contributed by atoms with van der Waals surface area (Å²) in [6.45, 7) is 0.689. The summed E-state index contributed by atoms with van der Waals surface area (Å²) in [6, 6.07) is 4.24. The molecule has 2 unspecified atom stereocenters. The molecule has 2 N–H and O–H groups in total. The molecule has 7 nitrogen and oxygen atoms in total. The van der Waals surface area contributed by atoms with E-state index < -0.39 is 23.5 Å². The SMILES string of the molecule is NC(=O)C1CCCN(C(=O)c2cc(CC3N=NC(=O)C4=C3CCCC4)ccc2F)C1. The topological polar surface area (TPSA) is 105 Å². The zero-order chi connectivity index (χ0) is 21.3. The molecule has 0 spiro atoms. The molecule has 158 valence electrons. The lowest BCUT2D eigenvalue weighted by Gasteiger charge is -2.31. The number of azo groups is 1. The van der Waals surface area contributed by atoms with Gasteiger partial charge in [-0.15, -0.1) is 5.11 Å². The second kappa shape index (κ2) is 8.45. The Morgan fingerprint density at radius 3 is 2.80 bits per heavy atom. The van der Waals surface area contributed by atoms with E-state index in [4.69, 9.17) is 5.73 Å². The van der Waals surface area contributed by atoms with Crippen LogP contribution in [0, 0.1) is 11.7 Å². The third kappa shape index (κ3) is 4.04. The first-order valence-electron chi connectivity index (χ1n) is 10.5. The van der Waals surface area contributed by atoms with Gasteiger partial charge in [0.05, 0.1) is 17.5 Å². The van der Waals surface area contributed by atoms with Crippen LogP contribution in [0.15, 0.2) is 39.6 Å². The van der Waals surface area contributed by atoms with E-state index in [2.05, 4.69) is 10.2 Å². The third-order valence-corrected chi connectivity index (χ3v) is 6.26. The highest BCUT2D eigenvalue weighted by atomic mass is 19.1. The predicted octanol–water partition coefficient (Wildman–Crippen LogP) is 2.94. The standard InChI is InChI=1S/C22H25FN4O3/c23-18-8-7-13(11-19-15-5-1-2-6-16(15)21(29)26-25-19)10-17(18)22(30)27-9-3-4-14(12-27)20(24)28/h7-8,10,14,19H,1-6,9,11-12H2,(H2,24,28). The quantitative estimate of drug-likeness (QED) is 0.822. The van der Waals surface area contributed by atoms with Crippen molar-refractivity contribution >= 4 is 17.7 Å². The van der Waals surface area contributed by atoms with Gasteiger partial charge in [0.2, 0.25) is 5.91 Å². The maximum Gasteiger partial charge on any atom is 0.291 e. The molecule has 0 aromatic heterocycles. The number of primary amides is 1. The van der Waals surface area contributed by atoms with Crippen molar-refractivity contribution < 1.29 is 18.8 Å². The highest BCUT2D eigenvalue weighted by molar-refractivity contribution is 5.96. The molecule has 1 saturated heterocycles. The van der Waals surface area contributed by atoms with Crippen molar-refractivity contribution in [2.24, 2.45) is 21.9 Å². The molecule has 1 fully saturated rings. The number of nitrogens with zero attached hydrogens (tertiary/aromatic N) is 3. The monoisotopic (exact) mass is 412 g/mol. The second-order valence-electron chi connectivity index (χ2n) is 8.26. The maximum absolute atomic E-state index is 14.5. The molecule has 30 heavy (non-hydrogen) atoms. The summed E-state index contributed by atoms with van der Waals surface area (Å²) in [6.07, 6.45) is 5.30. The van der Waals surface area contributed by atoms with E-state index in [9.17, 15) is 18.8 Å². The highest BCUT2D eigenvalue weighted by Gasteiger charge is 2.31. The number of piperidine rings is 1. The minimum atomic E-state index is -0.594. The van der Waals surface area contributed by atoms with E-state index in [-0.39, 0.29) is 24.1 Å². The van der Waals surface area contributed by atoms with E-state index in [1.807, 2.05) is 0 Å². The van der Waals surface area contributed by atoms with Crippen molar-refractivity contribution in [3.05, 3.63) is 46.3 Å². The molecule has 4 rings (SSSR count). The van der Waals surface area contributed by atoms with Crippen molar-refractivity contribution in [1.29, 1.82) is 0 Å². The molecule has 0 radical (unpaired) electrons. The van der Waals surface area contributed by atoms with Crippen molar-refractivity contribution in [1.82, 2.24) is 4.90 Å². The summed E-state index contributed by atoms with van der Waals surface area (Å²) in [5.41, 5.74) is 7.94. The Balaban J connectivity index is 1.54. The van der Waals surface area contributed by atoms with Gasteiger partial charge in [-0.25, -0.2) is 4.39 Å². The van der Waals surface area contributed by atoms with Crippen LogP contribution in [0.3, 0.4) is 0 Å². The van der Waals surface area contributed by atoms with Crippen LogP contribution >= 0.6 is 0 Å². The maximum atomic E-state index is 14.5. The lowest BCUT2D eigenvalue weighted by atomic mass is 9.84. The van der Waals surface area contributed by atoms with Gasteiger partial charge in [0.1, 0.15) is 5.82 Å². The zero-order valence-corrected chi connectivity index (χ0v) is 16.8. The molecule has 1 aromatic carbocycles. The largest absolute Gasteiger partial charge is 0.369 e. The normalized spacial score (nSPS) is 24.0. The molecule has 2 aliphatic heterocycles. The van der Waals surface area contributed by atoms with Gasteiger partial charge in [-0.2, -0.15) is 5.11 Å². The number of likely N-dealkylation sites (tertiary alicyclic amines) is 1. The molecular formula is C22H25FN4O3. The van der Waals surface area contributed by atoms with E-state index in [1.165, 1.54) is 11.0 Å². The summed E-state index contributed by atoms with van der Waals surface area (Å²) < 4.78 is 14.5. The van der Waals surface area contributed by atoms with Gasteiger partial charge in [0.15, 0.2) is 0 Å².